The first-order chi connectivity index (χ1) is 10.0. The van der Waals surface area contributed by atoms with Crippen LogP contribution in [-0.2, 0) is 6.54 Å². The summed E-state index contributed by atoms with van der Waals surface area (Å²) in [5.74, 6) is 0.359. The van der Waals surface area contributed by atoms with E-state index in [0.29, 0.717) is 17.6 Å². The number of aromatic carboxylic acids is 1. The van der Waals surface area contributed by atoms with E-state index in [2.05, 4.69) is 9.97 Å². The molecule has 0 radical (unpaired) electrons. The topological polar surface area (TPSA) is 71.2 Å². The molecule has 1 aliphatic rings. The molecule has 1 aliphatic carbocycles. The first-order valence-corrected chi connectivity index (χ1v) is 6.98. The molecule has 2 aromatic rings. The minimum absolute atomic E-state index is 0.327. The number of aromatic nitrogens is 3. The third-order valence-corrected chi connectivity index (χ3v) is 3.64. The minimum Gasteiger partial charge on any atom is -0.477 e. The van der Waals surface area contributed by atoms with Crippen LogP contribution in [0.5, 0.6) is 0 Å². The highest BCUT2D eigenvalue weighted by molar-refractivity contribution is 5.88. The fourth-order valence-corrected chi connectivity index (χ4v) is 2.28. The van der Waals surface area contributed by atoms with Gasteiger partial charge in [0.1, 0.15) is 5.69 Å². The predicted molar refractivity (Wildman–Crippen MR) is 79.5 cm³/mol. The molecule has 0 aromatic carbocycles. The van der Waals surface area contributed by atoms with Crippen LogP contribution < -0.4 is 4.90 Å². The molecule has 3 rings (SSSR count). The summed E-state index contributed by atoms with van der Waals surface area (Å²) in [7, 11) is 3.76. The summed E-state index contributed by atoms with van der Waals surface area (Å²) in [6.07, 6.45) is 7.71. The molecule has 0 saturated heterocycles. The van der Waals surface area contributed by atoms with Gasteiger partial charge in [-0.25, -0.2) is 14.8 Å². The van der Waals surface area contributed by atoms with Gasteiger partial charge in [-0.2, -0.15) is 0 Å². The van der Waals surface area contributed by atoms with Crippen LogP contribution in [-0.4, -0.2) is 39.7 Å². The summed E-state index contributed by atoms with van der Waals surface area (Å²) in [5.41, 5.74) is 2.00. The van der Waals surface area contributed by atoms with Crippen LogP contribution in [0.15, 0.2) is 24.7 Å². The number of carboxylic acid groups (broad SMARTS) is 1. The van der Waals surface area contributed by atoms with Crippen molar-refractivity contribution in [2.45, 2.75) is 19.4 Å². The summed E-state index contributed by atoms with van der Waals surface area (Å²) in [5, 5.41) is 9.32. The van der Waals surface area contributed by atoms with Gasteiger partial charge in [-0.3, -0.25) is 0 Å². The van der Waals surface area contributed by atoms with E-state index >= 15 is 0 Å². The van der Waals surface area contributed by atoms with Gasteiger partial charge < -0.3 is 14.6 Å². The van der Waals surface area contributed by atoms with Crippen LogP contribution in [0.3, 0.4) is 0 Å². The van der Waals surface area contributed by atoms with Gasteiger partial charge in [0.05, 0.1) is 0 Å². The summed E-state index contributed by atoms with van der Waals surface area (Å²) < 4.78 is 1.83. The van der Waals surface area contributed by atoms with Crippen molar-refractivity contribution in [1.82, 2.24) is 14.5 Å². The Morgan fingerprint density at radius 3 is 2.52 bits per heavy atom. The molecule has 0 aliphatic heterocycles. The molecular weight excluding hydrogens is 268 g/mol. The Kier molecular flexibility index (Phi) is 3.37. The van der Waals surface area contributed by atoms with E-state index in [0.717, 1.165) is 17.7 Å². The largest absolute Gasteiger partial charge is 0.477 e. The van der Waals surface area contributed by atoms with E-state index < -0.39 is 5.97 Å². The lowest BCUT2D eigenvalue weighted by molar-refractivity contribution is 0.0684. The number of carbonyl (C=O) groups is 1. The number of hydrogen-bond acceptors (Lipinski definition) is 4. The normalized spacial score (nSPS) is 14.2. The first-order valence-electron chi connectivity index (χ1n) is 6.98. The molecule has 6 nitrogen and oxygen atoms in total. The summed E-state index contributed by atoms with van der Waals surface area (Å²) in [6.45, 7) is 0.776. The lowest BCUT2D eigenvalue weighted by Crippen LogP contribution is -2.12. The summed E-state index contributed by atoms with van der Waals surface area (Å²) >= 11 is 0. The van der Waals surface area contributed by atoms with Gasteiger partial charge >= 0.3 is 5.97 Å². The summed E-state index contributed by atoms with van der Waals surface area (Å²) in [4.78, 5) is 21.7. The molecule has 21 heavy (non-hydrogen) atoms. The smallest absolute Gasteiger partial charge is 0.352 e. The van der Waals surface area contributed by atoms with Crippen molar-refractivity contribution in [3.05, 3.63) is 30.4 Å². The maximum Gasteiger partial charge on any atom is 0.352 e. The Bertz CT molecular complexity index is 657. The molecule has 0 spiro atoms. The molecule has 2 aromatic heterocycles. The van der Waals surface area contributed by atoms with E-state index in [1.54, 1.807) is 18.5 Å². The zero-order valence-corrected chi connectivity index (χ0v) is 12.2. The van der Waals surface area contributed by atoms with Crippen molar-refractivity contribution in [2.75, 3.05) is 19.0 Å². The molecule has 0 atom stereocenters. The molecule has 6 heteroatoms. The van der Waals surface area contributed by atoms with Crippen molar-refractivity contribution < 1.29 is 9.90 Å². The van der Waals surface area contributed by atoms with Gasteiger partial charge in [-0.15, -0.1) is 0 Å². The van der Waals surface area contributed by atoms with E-state index in [4.69, 9.17) is 0 Å². The highest BCUT2D eigenvalue weighted by atomic mass is 16.4. The number of nitrogens with zero attached hydrogens (tertiary/aromatic N) is 4. The van der Waals surface area contributed by atoms with E-state index in [1.807, 2.05) is 29.8 Å². The predicted octanol–water partition coefficient (Wildman–Crippen LogP) is 2.12. The SMILES string of the molecule is CN(C)c1ncc(-c2cc(C(=O)O)n(CC3CC3)c2)cn1. The average molecular weight is 286 g/mol. The highest BCUT2D eigenvalue weighted by Crippen LogP contribution is 2.32. The Labute approximate surface area is 123 Å². The second-order valence-corrected chi connectivity index (χ2v) is 5.68. The zero-order chi connectivity index (χ0) is 15.0. The van der Waals surface area contributed by atoms with Gasteiger partial charge in [-0.1, -0.05) is 0 Å². The van der Waals surface area contributed by atoms with E-state index in [-0.39, 0.29) is 0 Å². The molecule has 110 valence electrons. The highest BCUT2D eigenvalue weighted by Gasteiger charge is 2.24. The van der Waals surface area contributed by atoms with Gasteiger partial charge in [0.2, 0.25) is 5.95 Å². The van der Waals surface area contributed by atoms with Gasteiger partial charge in [-0.05, 0) is 24.8 Å². The fraction of sp³-hybridized carbons (Fsp3) is 0.400. The van der Waals surface area contributed by atoms with Gasteiger partial charge in [0.25, 0.3) is 0 Å². The van der Waals surface area contributed by atoms with Gasteiger partial charge in [0.15, 0.2) is 0 Å². The number of hydrogen-bond donors (Lipinski definition) is 1. The minimum atomic E-state index is -0.896. The molecule has 1 N–H and O–H groups in total. The maximum absolute atomic E-state index is 11.4. The van der Waals surface area contributed by atoms with Crippen LogP contribution in [0.4, 0.5) is 5.95 Å². The molecule has 2 heterocycles. The van der Waals surface area contributed by atoms with Crippen LogP contribution >= 0.6 is 0 Å². The number of carboxylic acids is 1. The van der Waals surface area contributed by atoms with Gasteiger partial charge in [0, 0.05) is 50.4 Å². The third kappa shape index (κ3) is 2.89. The molecule has 1 saturated carbocycles. The van der Waals surface area contributed by atoms with Crippen LogP contribution in [0.2, 0.25) is 0 Å². The quantitative estimate of drug-likeness (QED) is 0.911. The summed E-state index contributed by atoms with van der Waals surface area (Å²) in [6, 6.07) is 1.69. The number of anilines is 1. The maximum atomic E-state index is 11.4. The lowest BCUT2D eigenvalue weighted by Gasteiger charge is -2.09. The van der Waals surface area contributed by atoms with E-state index in [9.17, 15) is 9.90 Å². The fourth-order valence-electron chi connectivity index (χ4n) is 2.28. The standard InChI is InChI=1S/C15H18N4O2/c1-18(2)15-16-6-12(7-17-15)11-5-13(14(20)21)19(9-11)8-10-3-4-10/h5-7,9-10H,3-4,8H2,1-2H3,(H,20,21). The lowest BCUT2D eigenvalue weighted by atomic mass is 10.2. The Hall–Kier alpha value is -2.37. The van der Waals surface area contributed by atoms with Crippen LogP contribution in [0.1, 0.15) is 23.3 Å². The average Bonchev–Trinajstić information content (AvgIpc) is 3.16. The van der Waals surface area contributed by atoms with Crippen molar-refractivity contribution in [3.63, 3.8) is 0 Å². The van der Waals surface area contributed by atoms with Crippen LogP contribution in [0.25, 0.3) is 11.1 Å². The molecule has 0 amide bonds. The molecule has 0 bridgehead atoms. The number of rotatable bonds is 5. The Balaban J connectivity index is 1.92. The van der Waals surface area contributed by atoms with Crippen molar-refractivity contribution in [2.24, 2.45) is 5.92 Å². The second kappa shape index (κ2) is 5.20. The molecule has 0 unspecified atom stereocenters. The zero-order valence-electron chi connectivity index (χ0n) is 12.2. The first kappa shape index (κ1) is 13.6. The van der Waals surface area contributed by atoms with Crippen LogP contribution in [0, 0.1) is 5.92 Å². The van der Waals surface area contributed by atoms with Crippen molar-refractivity contribution in [3.8, 4) is 11.1 Å². The van der Waals surface area contributed by atoms with Crippen molar-refractivity contribution >= 4 is 11.9 Å². The second-order valence-electron chi connectivity index (χ2n) is 5.68. The Morgan fingerprint density at radius 1 is 1.33 bits per heavy atom. The third-order valence-electron chi connectivity index (χ3n) is 3.64. The van der Waals surface area contributed by atoms with E-state index in [1.165, 1.54) is 12.8 Å². The monoisotopic (exact) mass is 286 g/mol. The molecule has 1 fully saturated rings. The van der Waals surface area contributed by atoms with Crippen molar-refractivity contribution in [1.29, 1.82) is 0 Å². The molecular formula is C15H18N4O2. The Morgan fingerprint density at radius 2 is 2.00 bits per heavy atom.